The van der Waals surface area contributed by atoms with E-state index in [-0.39, 0.29) is 0 Å². The van der Waals surface area contributed by atoms with E-state index in [1.165, 1.54) is 6.21 Å². The molecule has 0 fully saturated rings. The van der Waals surface area contributed by atoms with Crippen LogP contribution in [0.5, 0.6) is 0 Å². The van der Waals surface area contributed by atoms with Gasteiger partial charge in [-0.1, -0.05) is 46.9 Å². The Bertz CT molecular complexity index is 694. The van der Waals surface area contributed by atoms with Gasteiger partial charge in [0.25, 0.3) is 5.91 Å². The molecule has 6 heteroatoms. The van der Waals surface area contributed by atoms with Crippen molar-refractivity contribution in [1.82, 2.24) is 5.43 Å². The topological polar surface area (TPSA) is 41.5 Å². The number of aryl methyl sites for hydroxylation is 1. The molecule has 0 heterocycles. The minimum atomic E-state index is -0.403. The molecule has 0 unspecified atom stereocenters. The van der Waals surface area contributed by atoms with Crippen LogP contribution in [-0.4, -0.2) is 12.1 Å². The van der Waals surface area contributed by atoms with E-state index in [2.05, 4.69) is 10.5 Å². The molecule has 0 aromatic heterocycles. The van der Waals surface area contributed by atoms with E-state index in [0.29, 0.717) is 26.2 Å². The van der Waals surface area contributed by atoms with Crippen molar-refractivity contribution in [2.24, 2.45) is 5.10 Å². The van der Waals surface area contributed by atoms with Crippen molar-refractivity contribution in [2.75, 3.05) is 0 Å². The lowest BCUT2D eigenvalue weighted by Gasteiger charge is -2.04. The second-order valence-corrected chi connectivity index (χ2v) is 5.54. The van der Waals surface area contributed by atoms with E-state index in [9.17, 15) is 4.79 Å². The molecule has 0 radical (unpaired) electrons. The van der Waals surface area contributed by atoms with Crippen molar-refractivity contribution in [2.45, 2.75) is 6.92 Å². The SMILES string of the molecule is Cc1ccc(C(=O)NN=Cc2c(Cl)cccc2Cl)c(Cl)c1. The number of nitrogens with one attached hydrogen (secondary N) is 1. The molecule has 1 amide bonds. The van der Waals surface area contributed by atoms with E-state index in [1.807, 2.05) is 6.92 Å². The molecule has 1 N–H and O–H groups in total. The minimum absolute atomic E-state index is 0.352. The van der Waals surface area contributed by atoms with Crippen molar-refractivity contribution in [3.05, 3.63) is 68.2 Å². The molecule has 0 aliphatic rings. The summed E-state index contributed by atoms with van der Waals surface area (Å²) in [5, 5.41) is 5.13. The van der Waals surface area contributed by atoms with Crippen LogP contribution in [0.1, 0.15) is 21.5 Å². The molecule has 0 saturated carbocycles. The molecular formula is C15H11Cl3N2O. The quantitative estimate of drug-likeness (QED) is 0.637. The number of halogens is 3. The third kappa shape index (κ3) is 3.97. The predicted octanol–water partition coefficient (Wildman–Crippen LogP) is 4.72. The summed E-state index contributed by atoms with van der Waals surface area (Å²) in [5.74, 6) is -0.403. The number of carbonyl (C=O) groups excluding carboxylic acids is 1. The van der Waals surface area contributed by atoms with E-state index >= 15 is 0 Å². The van der Waals surface area contributed by atoms with E-state index in [4.69, 9.17) is 34.8 Å². The molecule has 0 aliphatic heterocycles. The van der Waals surface area contributed by atoms with E-state index in [0.717, 1.165) is 5.56 Å². The summed E-state index contributed by atoms with van der Waals surface area (Å²) in [4.78, 5) is 12.0. The number of rotatable bonds is 3. The number of nitrogens with zero attached hydrogens (tertiary/aromatic N) is 1. The first-order chi connectivity index (χ1) is 9.99. The Labute approximate surface area is 137 Å². The van der Waals surface area contributed by atoms with Crippen LogP contribution in [-0.2, 0) is 0 Å². The lowest BCUT2D eigenvalue weighted by Crippen LogP contribution is -2.18. The number of hydrogen-bond donors (Lipinski definition) is 1. The maximum absolute atomic E-state index is 12.0. The maximum atomic E-state index is 12.0. The third-order valence-corrected chi connectivity index (χ3v) is 3.70. The zero-order valence-electron chi connectivity index (χ0n) is 11.0. The second kappa shape index (κ2) is 6.94. The lowest BCUT2D eigenvalue weighted by molar-refractivity contribution is 0.0955. The Morgan fingerprint density at radius 1 is 1.10 bits per heavy atom. The summed E-state index contributed by atoms with van der Waals surface area (Å²) in [6.45, 7) is 1.89. The predicted molar refractivity (Wildman–Crippen MR) is 87.7 cm³/mol. The van der Waals surface area contributed by atoms with Gasteiger partial charge in [-0.05, 0) is 36.8 Å². The molecule has 108 valence electrons. The highest BCUT2D eigenvalue weighted by molar-refractivity contribution is 6.38. The van der Waals surface area contributed by atoms with Crippen molar-refractivity contribution >= 4 is 46.9 Å². The van der Waals surface area contributed by atoms with Crippen LogP contribution in [0.4, 0.5) is 0 Å². The summed E-state index contributed by atoms with van der Waals surface area (Å²) in [5.41, 5.74) is 4.26. The monoisotopic (exact) mass is 340 g/mol. The van der Waals surface area contributed by atoms with E-state index in [1.54, 1.807) is 36.4 Å². The van der Waals surface area contributed by atoms with Crippen molar-refractivity contribution in [1.29, 1.82) is 0 Å². The maximum Gasteiger partial charge on any atom is 0.272 e. The minimum Gasteiger partial charge on any atom is -0.267 e. The zero-order chi connectivity index (χ0) is 15.4. The molecule has 2 aromatic rings. The number of hydrazone groups is 1. The molecule has 21 heavy (non-hydrogen) atoms. The Hall–Kier alpha value is -1.55. The van der Waals surface area contributed by atoms with Crippen molar-refractivity contribution < 1.29 is 4.79 Å². The molecule has 3 nitrogen and oxygen atoms in total. The van der Waals surface area contributed by atoms with Crippen LogP contribution in [0.15, 0.2) is 41.5 Å². The highest BCUT2D eigenvalue weighted by Gasteiger charge is 2.09. The molecule has 0 bridgehead atoms. The van der Waals surface area contributed by atoms with Gasteiger partial charge < -0.3 is 0 Å². The Kier molecular flexibility index (Phi) is 5.23. The van der Waals surface area contributed by atoms with Gasteiger partial charge >= 0.3 is 0 Å². The number of hydrogen-bond acceptors (Lipinski definition) is 2. The van der Waals surface area contributed by atoms with Gasteiger partial charge in [0.05, 0.1) is 26.8 Å². The van der Waals surface area contributed by atoms with Crippen LogP contribution < -0.4 is 5.43 Å². The highest BCUT2D eigenvalue weighted by Crippen LogP contribution is 2.22. The molecule has 0 spiro atoms. The van der Waals surface area contributed by atoms with Gasteiger partial charge in [0.15, 0.2) is 0 Å². The largest absolute Gasteiger partial charge is 0.272 e. The van der Waals surface area contributed by atoms with Gasteiger partial charge in [-0.25, -0.2) is 5.43 Å². The fourth-order valence-electron chi connectivity index (χ4n) is 1.65. The average Bonchev–Trinajstić information content (AvgIpc) is 2.42. The van der Waals surface area contributed by atoms with Gasteiger partial charge in [0, 0.05) is 5.56 Å². The summed E-state index contributed by atoms with van der Waals surface area (Å²) < 4.78 is 0. The van der Waals surface area contributed by atoms with Gasteiger partial charge in [-0.15, -0.1) is 0 Å². The second-order valence-electron chi connectivity index (χ2n) is 4.32. The normalized spacial score (nSPS) is 10.9. The Balaban J connectivity index is 2.12. The summed E-state index contributed by atoms with van der Waals surface area (Å²) in [6, 6.07) is 10.3. The fraction of sp³-hybridized carbons (Fsp3) is 0.0667. The molecule has 2 aromatic carbocycles. The lowest BCUT2D eigenvalue weighted by atomic mass is 10.1. The van der Waals surface area contributed by atoms with Gasteiger partial charge in [0.2, 0.25) is 0 Å². The van der Waals surface area contributed by atoms with Crippen molar-refractivity contribution in [3.8, 4) is 0 Å². The summed E-state index contributed by atoms with van der Waals surface area (Å²) >= 11 is 18.0. The van der Waals surface area contributed by atoms with Gasteiger partial charge in [-0.2, -0.15) is 5.10 Å². The average molecular weight is 342 g/mol. The first kappa shape index (κ1) is 15.8. The third-order valence-electron chi connectivity index (χ3n) is 2.73. The van der Waals surface area contributed by atoms with Crippen molar-refractivity contribution in [3.63, 3.8) is 0 Å². The van der Waals surface area contributed by atoms with Crippen LogP contribution >= 0.6 is 34.8 Å². The molecule has 0 aliphatic carbocycles. The zero-order valence-corrected chi connectivity index (χ0v) is 13.3. The number of carbonyl (C=O) groups is 1. The fourth-order valence-corrected chi connectivity index (χ4v) is 2.47. The first-order valence-corrected chi connectivity index (χ1v) is 7.16. The highest BCUT2D eigenvalue weighted by atomic mass is 35.5. The van der Waals surface area contributed by atoms with Crippen LogP contribution in [0.3, 0.4) is 0 Å². The van der Waals surface area contributed by atoms with Gasteiger partial charge in [-0.3, -0.25) is 4.79 Å². The molecule has 0 saturated heterocycles. The first-order valence-electron chi connectivity index (χ1n) is 6.02. The number of amides is 1. The van der Waals surface area contributed by atoms with Crippen LogP contribution in [0.25, 0.3) is 0 Å². The molecular weight excluding hydrogens is 331 g/mol. The summed E-state index contributed by atoms with van der Waals surface area (Å²) in [7, 11) is 0. The smallest absolute Gasteiger partial charge is 0.267 e. The van der Waals surface area contributed by atoms with Crippen LogP contribution in [0.2, 0.25) is 15.1 Å². The van der Waals surface area contributed by atoms with Crippen LogP contribution in [0, 0.1) is 6.92 Å². The van der Waals surface area contributed by atoms with E-state index < -0.39 is 5.91 Å². The molecule has 0 atom stereocenters. The number of benzene rings is 2. The van der Waals surface area contributed by atoms with Gasteiger partial charge in [0.1, 0.15) is 0 Å². The standard InChI is InChI=1S/C15H11Cl3N2O/c1-9-5-6-10(14(18)7-9)15(21)20-19-8-11-12(16)3-2-4-13(11)17/h2-8H,1H3,(H,20,21). The molecule has 2 rings (SSSR count). The summed E-state index contributed by atoms with van der Waals surface area (Å²) in [6.07, 6.45) is 1.39. The Morgan fingerprint density at radius 3 is 2.38 bits per heavy atom. The Morgan fingerprint density at radius 2 is 1.76 bits per heavy atom.